The Kier molecular flexibility index (Phi) is 7.83. The van der Waals surface area contributed by atoms with E-state index in [1.165, 1.54) is 49.9 Å². The first kappa shape index (κ1) is 25.5. The van der Waals surface area contributed by atoms with Crippen LogP contribution in [0.4, 0.5) is 0 Å². The fraction of sp³-hybridized carbons (Fsp3) is 0.594. The summed E-state index contributed by atoms with van der Waals surface area (Å²) in [6, 6.07) is 22.5. The van der Waals surface area contributed by atoms with Crippen molar-refractivity contribution in [2.75, 3.05) is 32.7 Å². The number of fused-ring (bicyclic) bond motifs is 3. The summed E-state index contributed by atoms with van der Waals surface area (Å²) >= 11 is 0. The van der Waals surface area contributed by atoms with Crippen LogP contribution in [0, 0.1) is 11.8 Å². The summed E-state index contributed by atoms with van der Waals surface area (Å²) in [5, 5.41) is 3.61. The fourth-order valence-electron chi connectivity index (χ4n) is 7.73. The number of carbonyl (C=O) groups is 1. The Balaban J connectivity index is 1.53. The average molecular weight is 488 g/mol. The Labute approximate surface area is 218 Å². The van der Waals surface area contributed by atoms with Crippen LogP contribution in [0.1, 0.15) is 75.8 Å². The molecular formula is C32H45N3O. The van der Waals surface area contributed by atoms with Gasteiger partial charge >= 0.3 is 0 Å². The molecule has 1 saturated heterocycles. The van der Waals surface area contributed by atoms with Gasteiger partial charge in [-0.3, -0.25) is 14.6 Å². The maximum Gasteiger partial charge on any atom is 0.234 e. The number of hydrogen-bond acceptors (Lipinski definition) is 3. The zero-order valence-corrected chi connectivity index (χ0v) is 22.5. The Morgan fingerprint density at radius 2 is 1.42 bits per heavy atom. The number of hydrogen-bond donors (Lipinski definition) is 1. The van der Waals surface area contributed by atoms with Gasteiger partial charge in [0.2, 0.25) is 5.91 Å². The number of nitrogens with zero attached hydrogens (tertiary/aromatic N) is 2. The topological polar surface area (TPSA) is 35.6 Å². The van der Waals surface area contributed by atoms with Crippen molar-refractivity contribution in [1.82, 2.24) is 15.1 Å². The number of amides is 1. The first-order valence-electron chi connectivity index (χ1n) is 14.4. The van der Waals surface area contributed by atoms with Crippen molar-refractivity contribution in [3.63, 3.8) is 0 Å². The second kappa shape index (κ2) is 11.1. The molecule has 2 bridgehead atoms. The van der Waals surface area contributed by atoms with Gasteiger partial charge in [-0.25, -0.2) is 0 Å². The van der Waals surface area contributed by atoms with Gasteiger partial charge in [0, 0.05) is 11.6 Å². The highest BCUT2D eigenvalue weighted by Gasteiger charge is 2.58. The lowest BCUT2D eigenvalue weighted by Gasteiger charge is -2.63. The van der Waals surface area contributed by atoms with Crippen LogP contribution in [0.15, 0.2) is 60.7 Å². The molecule has 1 N–H and O–H groups in total. The molecule has 0 spiro atoms. The minimum absolute atomic E-state index is 0.142. The van der Waals surface area contributed by atoms with E-state index in [4.69, 9.17) is 0 Å². The van der Waals surface area contributed by atoms with Crippen molar-refractivity contribution in [1.29, 1.82) is 0 Å². The van der Waals surface area contributed by atoms with E-state index in [9.17, 15) is 4.79 Å². The average Bonchev–Trinajstić information content (AvgIpc) is 2.92. The molecule has 4 aliphatic rings. The minimum atomic E-state index is 0.142. The van der Waals surface area contributed by atoms with Crippen molar-refractivity contribution in [3.8, 4) is 0 Å². The molecule has 194 valence electrons. The van der Waals surface area contributed by atoms with Gasteiger partial charge < -0.3 is 5.32 Å². The van der Waals surface area contributed by atoms with E-state index in [-0.39, 0.29) is 17.5 Å². The molecule has 36 heavy (non-hydrogen) atoms. The third-order valence-corrected chi connectivity index (χ3v) is 9.71. The quantitative estimate of drug-likeness (QED) is 0.521. The van der Waals surface area contributed by atoms with Crippen LogP contribution in [-0.4, -0.2) is 60.0 Å². The molecule has 0 unspecified atom stereocenters. The van der Waals surface area contributed by atoms with E-state index in [1.54, 1.807) is 0 Å². The lowest BCUT2D eigenvalue weighted by atomic mass is 9.50. The Bertz CT molecular complexity index is 931. The van der Waals surface area contributed by atoms with Crippen molar-refractivity contribution >= 4 is 5.91 Å². The number of rotatable bonds is 8. The SMILES string of the molecule is CCN(CC)CC(=O)N[C@@H]1CC2(N3CCC(C)CC3)C[C@H](c3ccccc3)C1[C@@H](c1ccccc1)C2. The number of carbonyl (C=O) groups excluding carboxylic acids is 1. The van der Waals surface area contributed by atoms with Gasteiger partial charge in [-0.2, -0.15) is 0 Å². The van der Waals surface area contributed by atoms with Gasteiger partial charge in [0.05, 0.1) is 6.54 Å². The molecule has 3 saturated carbocycles. The normalized spacial score (nSPS) is 31.0. The fourth-order valence-corrected chi connectivity index (χ4v) is 7.73. The molecule has 3 atom stereocenters. The first-order valence-corrected chi connectivity index (χ1v) is 14.4. The van der Waals surface area contributed by atoms with Crippen molar-refractivity contribution in [2.24, 2.45) is 11.8 Å². The second-order valence-corrected chi connectivity index (χ2v) is 11.8. The molecule has 0 radical (unpaired) electrons. The summed E-state index contributed by atoms with van der Waals surface area (Å²) < 4.78 is 0. The number of piperidine rings is 1. The van der Waals surface area contributed by atoms with Crippen molar-refractivity contribution in [3.05, 3.63) is 71.8 Å². The van der Waals surface area contributed by atoms with Gasteiger partial charge in [-0.1, -0.05) is 81.4 Å². The van der Waals surface area contributed by atoms with E-state index in [0.29, 0.717) is 24.3 Å². The molecule has 6 rings (SSSR count). The molecule has 0 aromatic heterocycles. The third-order valence-electron chi connectivity index (χ3n) is 9.71. The Morgan fingerprint density at radius 1 is 0.889 bits per heavy atom. The highest BCUT2D eigenvalue weighted by Crippen LogP contribution is 2.60. The van der Waals surface area contributed by atoms with Gasteiger partial charge in [0.15, 0.2) is 0 Å². The van der Waals surface area contributed by atoms with Crippen LogP contribution in [-0.2, 0) is 4.79 Å². The second-order valence-electron chi connectivity index (χ2n) is 11.8. The summed E-state index contributed by atoms with van der Waals surface area (Å²) in [6.45, 7) is 11.4. The van der Waals surface area contributed by atoms with E-state index >= 15 is 0 Å². The Morgan fingerprint density at radius 3 is 1.92 bits per heavy atom. The molecule has 2 aromatic carbocycles. The van der Waals surface area contributed by atoms with Gasteiger partial charge in [-0.05, 0) is 93.1 Å². The monoisotopic (exact) mass is 487 g/mol. The van der Waals surface area contributed by atoms with E-state index < -0.39 is 0 Å². The largest absolute Gasteiger partial charge is 0.352 e. The molecule has 1 aliphatic heterocycles. The molecular weight excluding hydrogens is 442 g/mol. The summed E-state index contributed by atoms with van der Waals surface area (Å²) in [7, 11) is 0. The van der Waals surface area contributed by atoms with Gasteiger partial charge in [-0.15, -0.1) is 0 Å². The summed E-state index contributed by atoms with van der Waals surface area (Å²) in [6.07, 6.45) is 6.08. The van der Waals surface area contributed by atoms with Crippen LogP contribution in [0.5, 0.6) is 0 Å². The van der Waals surface area contributed by atoms with Gasteiger partial charge in [0.25, 0.3) is 0 Å². The maximum absolute atomic E-state index is 13.4. The summed E-state index contributed by atoms with van der Waals surface area (Å²) in [4.78, 5) is 18.4. The smallest absolute Gasteiger partial charge is 0.234 e. The molecule has 4 nitrogen and oxygen atoms in total. The van der Waals surface area contributed by atoms with Crippen LogP contribution in [0.3, 0.4) is 0 Å². The standard InChI is InChI=1S/C32H45N3O/c1-4-34(5-2)23-30(36)33-29-22-32(35-18-16-24(3)17-19-35)20-27(25-12-8-6-9-13-25)31(29)28(21-32)26-14-10-7-11-15-26/h6-15,24,27-29,31H,4-5,16-23H2,1-3H3,(H,33,36)/t27-,28-,29-,31?,32?/m1/s1. The number of likely N-dealkylation sites (N-methyl/N-ethyl adjacent to an activating group) is 1. The predicted octanol–water partition coefficient (Wildman–Crippen LogP) is 5.67. The highest BCUT2D eigenvalue weighted by atomic mass is 16.2. The van der Waals surface area contributed by atoms with Crippen molar-refractivity contribution < 1.29 is 4.79 Å². The minimum Gasteiger partial charge on any atom is -0.352 e. The van der Waals surface area contributed by atoms with Crippen LogP contribution in [0.25, 0.3) is 0 Å². The Hall–Kier alpha value is -2.17. The van der Waals surface area contributed by atoms with Crippen LogP contribution >= 0.6 is 0 Å². The zero-order valence-electron chi connectivity index (χ0n) is 22.5. The maximum atomic E-state index is 13.4. The van der Waals surface area contributed by atoms with Gasteiger partial charge in [0.1, 0.15) is 0 Å². The highest BCUT2D eigenvalue weighted by molar-refractivity contribution is 5.78. The molecule has 4 heteroatoms. The molecule has 4 fully saturated rings. The number of likely N-dealkylation sites (tertiary alicyclic amines) is 1. The lowest BCUT2D eigenvalue weighted by Crippen LogP contribution is -2.66. The van der Waals surface area contributed by atoms with E-state index in [2.05, 4.69) is 96.6 Å². The van der Waals surface area contributed by atoms with E-state index in [0.717, 1.165) is 25.4 Å². The third kappa shape index (κ3) is 5.13. The number of benzene rings is 2. The molecule has 2 aromatic rings. The first-order chi connectivity index (χ1) is 17.5. The van der Waals surface area contributed by atoms with E-state index in [1.807, 2.05) is 0 Å². The van der Waals surface area contributed by atoms with Crippen LogP contribution < -0.4 is 5.32 Å². The predicted molar refractivity (Wildman–Crippen MR) is 148 cm³/mol. The van der Waals surface area contributed by atoms with Crippen molar-refractivity contribution in [2.45, 2.75) is 76.3 Å². The zero-order chi connectivity index (χ0) is 25.1. The summed E-state index contributed by atoms with van der Waals surface area (Å²) in [5.74, 6) is 2.34. The number of nitrogens with one attached hydrogen (secondary N) is 1. The molecule has 1 heterocycles. The molecule has 3 aliphatic carbocycles. The lowest BCUT2D eigenvalue weighted by molar-refractivity contribution is -0.126. The van der Waals surface area contributed by atoms with Crippen LogP contribution in [0.2, 0.25) is 0 Å². The summed E-state index contributed by atoms with van der Waals surface area (Å²) in [5.41, 5.74) is 3.03. The molecule has 1 amide bonds.